The molecular weight excluding hydrogens is 320 g/mol. The molecule has 0 aliphatic carbocycles. The number of carbonyl (C=O) groups excluding carboxylic acids is 1. The highest BCUT2D eigenvalue weighted by molar-refractivity contribution is 7.08. The van der Waals surface area contributed by atoms with Crippen molar-refractivity contribution in [1.29, 1.82) is 0 Å². The van der Waals surface area contributed by atoms with Crippen LogP contribution in [0, 0.1) is 0 Å². The average Bonchev–Trinajstić information content (AvgIpc) is 3.07. The van der Waals surface area contributed by atoms with Crippen LogP contribution >= 0.6 is 11.3 Å². The fraction of sp³-hybridized carbons (Fsp3) is 0.278. The summed E-state index contributed by atoms with van der Waals surface area (Å²) in [5.41, 5.74) is 1.88. The summed E-state index contributed by atoms with van der Waals surface area (Å²) in [5.74, 6) is 1.46. The van der Waals surface area contributed by atoms with Crippen LogP contribution in [0.5, 0.6) is 0 Å². The molecule has 0 bridgehead atoms. The van der Waals surface area contributed by atoms with Crippen molar-refractivity contribution in [2.75, 3.05) is 11.9 Å². The number of benzene rings is 1. The minimum Gasteiger partial charge on any atom is -0.358 e. The molecule has 3 aromatic rings. The number of rotatable bonds is 3. The van der Waals surface area contributed by atoms with Gasteiger partial charge in [0.25, 0.3) is 0 Å². The summed E-state index contributed by atoms with van der Waals surface area (Å²) in [6, 6.07) is 9.66. The van der Waals surface area contributed by atoms with Gasteiger partial charge < -0.3 is 10.6 Å². The first kappa shape index (κ1) is 15.1. The highest BCUT2D eigenvalue weighted by Gasteiger charge is 2.22. The molecule has 4 rings (SSSR count). The second-order valence-electron chi connectivity index (χ2n) is 5.91. The minimum absolute atomic E-state index is 0.0484. The summed E-state index contributed by atoms with van der Waals surface area (Å²) in [6.45, 7) is 0.752. The van der Waals surface area contributed by atoms with E-state index < -0.39 is 0 Å². The third-order valence-corrected chi connectivity index (χ3v) is 4.91. The van der Waals surface area contributed by atoms with Gasteiger partial charge in [-0.2, -0.15) is 11.3 Å². The number of para-hydroxylation sites is 1. The Hall–Kier alpha value is -2.47. The Balaban J connectivity index is 1.76. The molecule has 1 atom stereocenters. The molecule has 1 aliphatic rings. The van der Waals surface area contributed by atoms with Crippen molar-refractivity contribution >= 4 is 34.0 Å². The van der Waals surface area contributed by atoms with E-state index in [-0.39, 0.29) is 11.9 Å². The Morgan fingerprint density at radius 2 is 2.08 bits per heavy atom. The fourth-order valence-electron chi connectivity index (χ4n) is 2.95. The average molecular weight is 338 g/mol. The van der Waals surface area contributed by atoms with Gasteiger partial charge >= 0.3 is 0 Å². The van der Waals surface area contributed by atoms with Gasteiger partial charge in [0.05, 0.1) is 5.52 Å². The van der Waals surface area contributed by atoms with E-state index in [1.807, 2.05) is 41.1 Å². The smallest absolute Gasteiger partial charge is 0.242 e. The van der Waals surface area contributed by atoms with Crippen LogP contribution in [-0.4, -0.2) is 28.5 Å². The molecule has 1 unspecified atom stereocenters. The number of fused-ring (bicyclic) bond motifs is 1. The Bertz CT molecular complexity index is 863. The monoisotopic (exact) mass is 338 g/mol. The lowest BCUT2D eigenvalue weighted by Gasteiger charge is -2.17. The maximum atomic E-state index is 12.3. The topological polar surface area (TPSA) is 66.9 Å². The molecule has 0 saturated carbocycles. The number of hydrogen-bond acceptors (Lipinski definition) is 5. The van der Waals surface area contributed by atoms with Crippen molar-refractivity contribution in [3.63, 3.8) is 0 Å². The van der Waals surface area contributed by atoms with Gasteiger partial charge in [-0.05, 0) is 42.8 Å². The van der Waals surface area contributed by atoms with E-state index in [4.69, 9.17) is 4.98 Å². The second-order valence-corrected chi connectivity index (χ2v) is 6.69. The Kier molecular flexibility index (Phi) is 4.13. The van der Waals surface area contributed by atoms with Crippen LogP contribution in [0.2, 0.25) is 0 Å². The van der Waals surface area contributed by atoms with Gasteiger partial charge in [-0.25, -0.2) is 9.97 Å². The normalized spacial score (nSPS) is 18.2. The summed E-state index contributed by atoms with van der Waals surface area (Å²) in [7, 11) is 0. The van der Waals surface area contributed by atoms with E-state index in [0.717, 1.165) is 48.1 Å². The molecule has 2 aromatic heterocycles. The van der Waals surface area contributed by atoms with Crippen molar-refractivity contribution in [1.82, 2.24) is 15.3 Å². The largest absolute Gasteiger partial charge is 0.358 e. The number of thiophene rings is 1. The molecule has 0 radical (unpaired) electrons. The Morgan fingerprint density at radius 1 is 1.17 bits per heavy atom. The molecule has 3 heterocycles. The summed E-state index contributed by atoms with van der Waals surface area (Å²) in [5, 5.41) is 11.3. The lowest BCUT2D eigenvalue weighted by molar-refractivity contribution is -0.121. The van der Waals surface area contributed by atoms with Crippen LogP contribution in [-0.2, 0) is 4.79 Å². The molecule has 1 aromatic carbocycles. The first-order chi connectivity index (χ1) is 11.8. The molecule has 1 aliphatic heterocycles. The van der Waals surface area contributed by atoms with E-state index >= 15 is 0 Å². The molecule has 1 fully saturated rings. The second kappa shape index (κ2) is 6.57. The highest BCUT2D eigenvalue weighted by atomic mass is 32.1. The number of amides is 1. The van der Waals surface area contributed by atoms with Crippen molar-refractivity contribution in [3.05, 3.63) is 41.1 Å². The molecule has 122 valence electrons. The zero-order valence-corrected chi connectivity index (χ0v) is 14.0. The number of nitrogens with zero attached hydrogens (tertiary/aromatic N) is 2. The zero-order valence-electron chi connectivity index (χ0n) is 13.2. The van der Waals surface area contributed by atoms with Crippen molar-refractivity contribution < 1.29 is 4.79 Å². The summed E-state index contributed by atoms with van der Waals surface area (Å²) >= 11 is 1.62. The summed E-state index contributed by atoms with van der Waals surface area (Å²) in [6.07, 6.45) is 2.86. The first-order valence-corrected chi connectivity index (χ1v) is 9.09. The molecule has 1 saturated heterocycles. The highest BCUT2D eigenvalue weighted by Crippen LogP contribution is 2.27. The third kappa shape index (κ3) is 2.97. The van der Waals surface area contributed by atoms with E-state index in [1.165, 1.54) is 0 Å². The van der Waals surface area contributed by atoms with Crippen molar-refractivity contribution in [2.24, 2.45) is 0 Å². The Labute approximate surface area is 144 Å². The molecule has 0 spiro atoms. The van der Waals surface area contributed by atoms with E-state index in [9.17, 15) is 4.79 Å². The minimum atomic E-state index is -0.249. The van der Waals surface area contributed by atoms with Crippen LogP contribution in [0.1, 0.15) is 19.3 Å². The number of anilines is 1. The van der Waals surface area contributed by atoms with Crippen LogP contribution in [0.15, 0.2) is 41.1 Å². The zero-order chi connectivity index (χ0) is 16.4. The summed E-state index contributed by atoms with van der Waals surface area (Å²) in [4.78, 5) is 21.6. The molecule has 2 N–H and O–H groups in total. The standard InChI is InChI=1S/C18H18N4OS/c23-18-15(7-3-4-9-19-18)21-17-13-5-1-2-6-14(13)20-16(22-17)12-8-10-24-11-12/h1-2,5-6,8,10-11,15H,3-4,7,9H2,(H,19,23)(H,20,21,22). The predicted molar refractivity (Wildman–Crippen MR) is 97.1 cm³/mol. The van der Waals surface area contributed by atoms with Crippen LogP contribution < -0.4 is 10.6 Å². The molecule has 24 heavy (non-hydrogen) atoms. The van der Waals surface area contributed by atoms with Crippen molar-refractivity contribution in [3.8, 4) is 11.4 Å². The van der Waals surface area contributed by atoms with E-state index in [1.54, 1.807) is 11.3 Å². The van der Waals surface area contributed by atoms with Gasteiger partial charge in [-0.3, -0.25) is 4.79 Å². The lowest BCUT2D eigenvalue weighted by Crippen LogP contribution is -2.38. The SMILES string of the molecule is O=C1NCCCCC1Nc1nc(-c2ccsc2)nc2ccccc12. The lowest BCUT2D eigenvalue weighted by atomic mass is 10.1. The van der Waals surface area contributed by atoms with Crippen LogP contribution in [0.4, 0.5) is 5.82 Å². The number of carbonyl (C=O) groups is 1. The first-order valence-electron chi connectivity index (χ1n) is 8.15. The molecular formula is C18H18N4OS. The van der Waals surface area contributed by atoms with Crippen molar-refractivity contribution in [2.45, 2.75) is 25.3 Å². The van der Waals surface area contributed by atoms with Gasteiger partial charge in [-0.1, -0.05) is 12.1 Å². The van der Waals surface area contributed by atoms with Gasteiger partial charge in [-0.15, -0.1) is 0 Å². The number of aromatic nitrogens is 2. The van der Waals surface area contributed by atoms with Gasteiger partial charge in [0.15, 0.2) is 5.82 Å². The third-order valence-electron chi connectivity index (χ3n) is 4.23. The molecule has 5 nitrogen and oxygen atoms in total. The van der Waals surface area contributed by atoms with Gasteiger partial charge in [0.2, 0.25) is 5.91 Å². The van der Waals surface area contributed by atoms with Crippen LogP contribution in [0.3, 0.4) is 0 Å². The van der Waals surface area contributed by atoms with Gasteiger partial charge in [0.1, 0.15) is 11.9 Å². The van der Waals surface area contributed by atoms with Crippen LogP contribution in [0.25, 0.3) is 22.3 Å². The molecule has 6 heteroatoms. The predicted octanol–water partition coefficient (Wildman–Crippen LogP) is 3.44. The van der Waals surface area contributed by atoms with Gasteiger partial charge in [0, 0.05) is 22.9 Å². The number of nitrogens with one attached hydrogen (secondary N) is 2. The van der Waals surface area contributed by atoms with E-state index in [0.29, 0.717) is 5.82 Å². The Morgan fingerprint density at radius 3 is 2.96 bits per heavy atom. The maximum absolute atomic E-state index is 12.3. The molecule has 1 amide bonds. The number of hydrogen-bond donors (Lipinski definition) is 2. The fourth-order valence-corrected chi connectivity index (χ4v) is 3.58. The quantitative estimate of drug-likeness (QED) is 0.768. The summed E-state index contributed by atoms with van der Waals surface area (Å²) < 4.78 is 0. The van der Waals surface area contributed by atoms with E-state index in [2.05, 4.69) is 15.6 Å². The maximum Gasteiger partial charge on any atom is 0.242 e.